The highest BCUT2D eigenvalue weighted by molar-refractivity contribution is 9.10. The van der Waals surface area contributed by atoms with Gasteiger partial charge >= 0.3 is 0 Å². The summed E-state index contributed by atoms with van der Waals surface area (Å²) in [4.78, 5) is 13.3. The first-order valence-corrected chi connectivity index (χ1v) is 7.20. The van der Waals surface area contributed by atoms with Crippen LogP contribution >= 0.6 is 15.9 Å². The van der Waals surface area contributed by atoms with Crippen molar-refractivity contribution in [2.45, 2.75) is 13.0 Å². The van der Waals surface area contributed by atoms with Crippen molar-refractivity contribution < 1.29 is 4.74 Å². The molecule has 0 spiro atoms. The van der Waals surface area contributed by atoms with E-state index >= 15 is 0 Å². The quantitative estimate of drug-likeness (QED) is 0.877. The number of methoxy groups -OCH3 is 1. The standard InChI is InChI=1S/C12H20BrN5O/c1-9(7-14)17-3-5-18(6-4-17)12-15-8-10(13)11(16-12)19-2/h8-9H,3-7,14H2,1-2H3. The molecule has 0 radical (unpaired) electrons. The number of piperazine rings is 1. The highest BCUT2D eigenvalue weighted by Gasteiger charge is 2.22. The van der Waals surface area contributed by atoms with E-state index in [1.54, 1.807) is 13.3 Å². The van der Waals surface area contributed by atoms with E-state index in [9.17, 15) is 0 Å². The van der Waals surface area contributed by atoms with Crippen LogP contribution in [0.4, 0.5) is 5.95 Å². The number of nitrogens with zero attached hydrogens (tertiary/aromatic N) is 4. The number of hydrogen-bond donors (Lipinski definition) is 1. The molecule has 1 aromatic heterocycles. The third kappa shape index (κ3) is 3.34. The molecule has 1 aliphatic heterocycles. The molecule has 1 unspecified atom stereocenters. The predicted molar refractivity (Wildman–Crippen MR) is 78.6 cm³/mol. The van der Waals surface area contributed by atoms with Crippen LogP contribution in [0.3, 0.4) is 0 Å². The lowest BCUT2D eigenvalue weighted by Gasteiger charge is -2.37. The summed E-state index contributed by atoms with van der Waals surface area (Å²) in [5, 5.41) is 0. The van der Waals surface area contributed by atoms with E-state index < -0.39 is 0 Å². The zero-order valence-corrected chi connectivity index (χ0v) is 12.9. The maximum atomic E-state index is 5.70. The zero-order valence-electron chi connectivity index (χ0n) is 11.3. The van der Waals surface area contributed by atoms with Crippen LogP contribution in [0.1, 0.15) is 6.92 Å². The van der Waals surface area contributed by atoms with Crippen LogP contribution in [-0.4, -0.2) is 60.7 Å². The topological polar surface area (TPSA) is 67.5 Å². The molecule has 2 N–H and O–H groups in total. The monoisotopic (exact) mass is 329 g/mol. The summed E-state index contributed by atoms with van der Waals surface area (Å²) in [6.45, 7) is 6.65. The van der Waals surface area contributed by atoms with Gasteiger partial charge in [-0.1, -0.05) is 0 Å². The van der Waals surface area contributed by atoms with E-state index in [2.05, 4.69) is 42.6 Å². The Morgan fingerprint density at radius 2 is 2.11 bits per heavy atom. The summed E-state index contributed by atoms with van der Waals surface area (Å²) in [6.07, 6.45) is 1.73. The van der Waals surface area contributed by atoms with Gasteiger partial charge in [-0.05, 0) is 22.9 Å². The summed E-state index contributed by atoms with van der Waals surface area (Å²) >= 11 is 3.36. The van der Waals surface area contributed by atoms with Crippen molar-refractivity contribution in [1.82, 2.24) is 14.9 Å². The second-order valence-corrected chi connectivity index (χ2v) is 5.49. The highest BCUT2D eigenvalue weighted by Crippen LogP contribution is 2.23. The van der Waals surface area contributed by atoms with Gasteiger partial charge in [0.15, 0.2) is 0 Å². The number of aromatic nitrogens is 2. The Morgan fingerprint density at radius 3 is 2.68 bits per heavy atom. The van der Waals surface area contributed by atoms with Crippen molar-refractivity contribution in [3.05, 3.63) is 10.7 Å². The molecule has 1 aromatic rings. The number of rotatable bonds is 4. The Balaban J connectivity index is 2.01. The molecule has 7 heteroatoms. The molecule has 19 heavy (non-hydrogen) atoms. The lowest BCUT2D eigenvalue weighted by atomic mass is 10.2. The minimum atomic E-state index is 0.433. The molecule has 0 aliphatic carbocycles. The van der Waals surface area contributed by atoms with Crippen molar-refractivity contribution in [3.63, 3.8) is 0 Å². The van der Waals surface area contributed by atoms with Gasteiger partial charge in [-0.3, -0.25) is 4.90 Å². The molecule has 1 fully saturated rings. The van der Waals surface area contributed by atoms with Crippen molar-refractivity contribution in [3.8, 4) is 5.88 Å². The van der Waals surface area contributed by atoms with E-state index in [1.165, 1.54) is 0 Å². The van der Waals surface area contributed by atoms with Gasteiger partial charge in [0.05, 0.1) is 17.8 Å². The maximum absolute atomic E-state index is 5.70. The van der Waals surface area contributed by atoms with Crippen molar-refractivity contribution in [2.75, 3.05) is 44.7 Å². The first-order chi connectivity index (χ1) is 9.15. The average Bonchev–Trinajstić information content (AvgIpc) is 2.47. The number of halogens is 1. The van der Waals surface area contributed by atoms with Crippen molar-refractivity contribution >= 4 is 21.9 Å². The third-order valence-corrected chi connectivity index (χ3v) is 4.00. The molecule has 1 atom stereocenters. The third-order valence-electron chi connectivity index (χ3n) is 3.45. The molecule has 2 heterocycles. The lowest BCUT2D eigenvalue weighted by Crippen LogP contribution is -2.51. The molecule has 2 rings (SSSR count). The van der Waals surface area contributed by atoms with Crippen LogP contribution in [0.2, 0.25) is 0 Å². The molecule has 0 bridgehead atoms. The Morgan fingerprint density at radius 1 is 1.42 bits per heavy atom. The van der Waals surface area contributed by atoms with Crippen LogP contribution in [0.25, 0.3) is 0 Å². The van der Waals surface area contributed by atoms with Gasteiger partial charge in [-0.15, -0.1) is 0 Å². The van der Waals surface area contributed by atoms with Crippen molar-refractivity contribution in [1.29, 1.82) is 0 Å². The average molecular weight is 330 g/mol. The van der Waals surface area contributed by atoms with Crippen LogP contribution in [0, 0.1) is 0 Å². The summed E-state index contributed by atoms with van der Waals surface area (Å²) in [6, 6.07) is 0.433. The first-order valence-electron chi connectivity index (χ1n) is 6.41. The fourth-order valence-corrected chi connectivity index (χ4v) is 2.50. The number of ether oxygens (including phenoxy) is 1. The molecular weight excluding hydrogens is 310 g/mol. The summed E-state index contributed by atoms with van der Waals surface area (Å²) in [5.74, 6) is 1.29. The van der Waals surface area contributed by atoms with Gasteiger partial charge < -0.3 is 15.4 Å². The summed E-state index contributed by atoms with van der Waals surface area (Å²) in [5.41, 5.74) is 5.70. The molecule has 106 valence electrons. The Bertz CT molecular complexity index is 423. The predicted octanol–water partition coefficient (Wildman–Crippen LogP) is 0.717. The fourth-order valence-electron chi connectivity index (χ4n) is 2.15. The number of nitrogens with two attached hydrogens (primary N) is 1. The smallest absolute Gasteiger partial charge is 0.232 e. The summed E-state index contributed by atoms with van der Waals surface area (Å²) in [7, 11) is 1.61. The Kier molecular flexibility index (Phi) is 4.95. The van der Waals surface area contributed by atoms with Crippen molar-refractivity contribution in [2.24, 2.45) is 5.73 Å². The van der Waals surface area contributed by atoms with Crippen LogP contribution < -0.4 is 15.4 Å². The van der Waals surface area contributed by atoms with E-state index in [0.717, 1.165) is 36.6 Å². The molecule has 0 amide bonds. The van der Waals surface area contributed by atoms with E-state index in [-0.39, 0.29) is 0 Å². The molecular formula is C12H20BrN5O. The van der Waals surface area contributed by atoms with Gasteiger partial charge in [-0.25, -0.2) is 4.98 Å². The molecule has 1 saturated heterocycles. The van der Waals surface area contributed by atoms with E-state index in [1.807, 2.05) is 0 Å². The largest absolute Gasteiger partial charge is 0.480 e. The SMILES string of the molecule is COc1nc(N2CCN(C(C)CN)CC2)ncc1Br. The van der Waals surface area contributed by atoms with Gasteiger partial charge in [-0.2, -0.15) is 4.98 Å². The number of hydrogen-bond acceptors (Lipinski definition) is 6. The van der Waals surface area contributed by atoms with Crippen LogP contribution in [-0.2, 0) is 0 Å². The highest BCUT2D eigenvalue weighted by atomic mass is 79.9. The molecule has 0 aromatic carbocycles. The van der Waals surface area contributed by atoms with Gasteiger partial charge in [0.2, 0.25) is 11.8 Å². The Hall–Kier alpha value is -0.920. The molecule has 6 nitrogen and oxygen atoms in total. The zero-order chi connectivity index (χ0) is 13.8. The second-order valence-electron chi connectivity index (χ2n) is 4.63. The lowest BCUT2D eigenvalue weighted by molar-refractivity contribution is 0.200. The van der Waals surface area contributed by atoms with Crippen LogP contribution in [0.5, 0.6) is 5.88 Å². The summed E-state index contributed by atoms with van der Waals surface area (Å²) < 4.78 is 5.97. The van der Waals surface area contributed by atoms with E-state index in [4.69, 9.17) is 10.5 Å². The van der Waals surface area contributed by atoms with Crippen LogP contribution in [0.15, 0.2) is 10.7 Å². The first kappa shape index (κ1) is 14.5. The van der Waals surface area contributed by atoms with Gasteiger partial charge in [0.1, 0.15) is 0 Å². The van der Waals surface area contributed by atoms with E-state index in [0.29, 0.717) is 18.5 Å². The van der Waals surface area contributed by atoms with Gasteiger partial charge in [0, 0.05) is 38.8 Å². The minimum Gasteiger partial charge on any atom is -0.480 e. The second kappa shape index (κ2) is 6.49. The molecule has 1 aliphatic rings. The normalized spacial score (nSPS) is 18.4. The number of anilines is 1. The Labute approximate surface area is 122 Å². The fraction of sp³-hybridized carbons (Fsp3) is 0.667. The minimum absolute atomic E-state index is 0.433. The van der Waals surface area contributed by atoms with Gasteiger partial charge in [0.25, 0.3) is 0 Å². The maximum Gasteiger partial charge on any atom is 0.232 e. The molecule has 0 saturated carbocycles.